The van der Waals surface area contributed by atoms with E-state index in [-0.39, 0.29) is 17.7 Å². The van der Waals surface area contributed by atoms with Crippen LogP contribution in [0.2, 0.25) is 0 Å². The molecule has 2 aromatic rings. The SMILES string of the molecule is CC1CC1C(=O)N1Cc2ccnn2C(C(=O)NCc2cccs2)C1. The van der Waals surface area contributed by atoms with Crippen LogP contribution in [0.4, 0.5) is 0 Å². The molecule has 24 heavy (non-hydrogen) atoms. The first-order valence-electron chi connectivity index (χ1n) is 8.24. The Morgan fingerprint density at radius 3 is 2.96 bits per heavy atom. The van der Waals surface area contributed by atoms with Crippen molar-refractivity contribution in [1.82, 2.24) is 20.0 Å². The van der Waals surface area contributed by atoms with Crippen LogP contribution < -0.4 is 5.32 Å². The summed E-state index contributed by atoms with van der Waals surface area (Å²) in [5.74, 6) is 0.686. The zero-order valence-corrected chi connectivity index (χ0v) is 14.3. The van der Waals surface area contributed by atoms with E-state index in [0.717, 1.165) is 17.0 Å². The third-order valence-corrected chi connectivity index (χ3v) is 5.73. The molecule has 1 N–H and O–H groups in total. The maximum atomic E-state index is 12.7. The minimum atomic E-state index is -0.457. The second kappa shape index (κ2) is 6.05. The topological polar surface area (TPSA) is 67.2 Å². The molecule has 4 rings (SSSR count). The summed E-state index contributed by atoms with van der Waals surface area (Å²) in [6.07, 6.45) is 2.66. The highest BCUT2D eigenvalue weighted by Crippen LogP contribution is 2.40. The molecule has 1 fully saturated rings. The monoisotopic (exact) mass is 344 g/mol. The molecule has 3 unspecified atom stereocenters. The summed E-state index contributed by atoms with van der Waals surface area (Å²) in [5.41, 5.74) is 0.916. The zero-order valence-electron chi connectivity index (χ0n) is 13.5. The van der Waals surface area contributed by atoms with Crippen molar-refractivity contribution in [1.29, 1.82) is 0 Å². The van der Waals surface area contributed by atoms with E-state index in [1.807, 2.05) is 28.5 Å². The summed E-state index contributed by atoms with van der Waals surface area (Å²) >= 11 is 1.61. The molecule has 126 valence electrons. The Kier molecular flexibility index (Phi) is 3.88. The molecule has 0 radical (unpaired) electrons. The molecule has 1 aliphatic heterocycles. The van der Waals surface area contributed by atoms with Crippen LogP contribution in [0.1, 0.15) is 30.0 Å². The van der Waals surface area contributed by atoms with Gasteiger partial charge in [-0.25, -0.2) is 0 Å². The lowest BCUT2D eigenvalue weighted by Crippen LogP contribution is -2.47. The first-order valence-corrected chi connectivity index (χ1v) is 9.12. The summed E-state index contributed by atoms with van der Waals surface area (Å²) in [6, 6.07) is 5.39. The predicted molar refractivity (Wildman–Crippen MR) is 90.1 cm³/mol. The number of hydrogen-bond acceptors (Lipinski definition) is 4. The average molecular weight is 344 g/mol. The van der Waals surface area contributed by atoms with Gasteiger partial charge in [-0.1, -0.05) is 13.0 Å². The summed E-state index contributed by atoms with van der Waals surface area (Å²) in [6.45, 7) is 3.54. The molecule has 3 atom stereocenters. The number of carbonyl (C=O) groups excluding carboxylic acids is 2. The third kappa shape index (κ3) is 2.84. The molecule has 7 heteroatoms. The van der Waals surface area contributed by atoms with Gasteiger partial charge in [-0.15, -0.1) is 11.3 Å². The lowest BCUT2D eigenvalue weighted by atomic mass is 10.1. The fourth-order valence-electron chi connectivity index (χ4n) is 3.26. The highest BCUT2D eigenvalue weighted by atomic mass is 32.1. The Labute approximate surface area is 144 Å². The van der Waals surface area contributed by atoms with Gasteiger partial charge >= 0.3 is 0 Å². The number of fused-ring (bicyclic) bond motifs is 1. The second-order valence-corrected chi connectivity index (χ2v) is 7.65. The minimum Gasteiger partial charge on any atom is -0.349 e. The van der Waals surface area contributed by atoms with Gasteiger partial charge in [0.15, 0.2) is 0 Å². The van der Waals surface area contributed by atoms with Crippen LogP contribution in [-0.4, -0.2) is 33.0 Å². The summed E-state index contributed by atoms with van der Waals surface area (Å²) < 4.78 is 1.75. The van der Waals surface area contributed by atoms with Gasteiger partial charge in [-0.3, -0.25) is 14.3 Å². The molecule has 0 bridgehead atoms. The number of rotatable bonds is 4. The van der Waals surface area contributed by atoms with Crippen molar-refractivity contribution in [3.05, 3.63) is 40.3 Å². The Morgan fingerprint density at radius 1 is 1.42 bits per heavy atom. The van der Waals surface area contributed by atoms with Gasteiger partial charge in [-0.05, 0) is 29.9 Å². The highest BCUT2D eigenvalue weighted by Gasteiger charge is 2.44. The van der Waals surface area contributed by atoms with Crippen LogP contribution in [0.3, 0.4) is 0 Å². The van der Waals surface area contributed by atoms with E-state index in [2.05, 4.69) is 17.3 Å². The fourth-order valence-corrected chi connectivity index (χ4v) is 3.91. The van der Waals surface area contributed by atoms with E-state index in [1.54, 1.807) is 22.2 Å². The Morgan fingerprint density at radius 2 is 2.25 bits per heavy atom. The summed E-state index contributed by atoms with van der Waals surface area (Å²) in [5, 5.41) is 9.26. The molecular formula is C17H20N4O2S. The van der Waals surface area contributed by atoms with Crippen molar-refractivity contribution in [2.45, 2.75) is 32.5 Å². The van der Waals surface area contributed by atoms with Gasteiger partial charge < -0.3 is 10.2 Å². The number of thiophene rings is 1. The normalized spacial score (nSPS) is 25.2. The molecule has 1 saturated carbocycles. The molecule has 1 aliphatic carbocycles. The molecule has 2 aromatic heterocycles. The average Bonchev–Trinajstić information content (AvgIpc) is 3.01. The van der Waals surface area contributed by atoms with Crippen molar-refractivity contribution in [2.24, 2.45) is 11.8 Å². The third-order valence-electron chi connectivity index (χ3n) is 4.85. The van der Waals surface area contributed by atoms with Crippen LogP contribution in [0, 0.1) is 11.8 Å². The van der Waals surface area contributed by atoms with Gasteiger partial charge in [0.25, 0.3) is 0 Å². The number of nitrogens with one attached hydrogen (secondary N) is 1. The van der Waals surface area contributed by atoms with E-state index in [1.165, 1.54) is 0 Å². The smallest absolute Gasteiger partial charge is 0.247 e. The summed E-state index contributed by atoms with van der Waals surface area (Å²) in [4.78, 5) is 28.2. The molecule has 0 spiro atoms. The van der Waals surface area contributed by atoms with E-state index in [0.29, 0.717) is 25.6 Å². The molecule has 0 saturated heterocycles. The fraction of sp³-hybridized carbons (Fsp3) is 0.471. The lowest BCUT2D eigenvalue weighted by Gasteiger charge is -2.33. The van der Waals surface area contributed by atoms with Crippen molar-refractivity contribution in [3.63, 3.8) is 0 Å². The zero-order chi connectivity index (χ0) is 16.7. The largest absolute Gasteiger partial charge is 0.349 e. The van der Waals surface area contributed by atoms with Crippen molar-refractivity contribution in [3.8, 4) is 0 Å². The molecule has 2 amide bonds. The van der Waals surface area contributed by atoms with Gasteiger partial charge in [0.1, 0.15) is 6.04 Å². The summed E-state index contributed by atoms with van der Waals surface area (Å²) in [7, 11) is 0. The molecular weight excluding hydrogens is 324 g/mol. The van der Waals surface area contributed by atoms with E-state index < -0.39 is 6.04 Å². The quantitative estimate of drug-likeness (QED) is 0.920. The maximum absolute atomic E-state index is 12.7. The first-order chi connectivity index (χ1) is 11.6. The first kappa shape index (κ1) is 15.4. The maximum Gasteiger partial charge on any atom is 0.247 e. The van der Waals surface area contributed by atoms with Crippen molar-refractivity contribution >= 4 is 23.2 Å². The lowest BCUT2D eigenvalue weighted by molar-refractivity contribution is -0.137. The van der Waals surface area contributed by atoms with Gasteiger partial charge in [-0.2, -0.15) is 5.10 Å². The number of amides is 2. The Balaban J connectivity index is 1.48. The van der Waals surface area contributed by atoms with Crippen molar-refractivity contribution < 1.29 is 9.59 Å². The van der Waals surface area contributed by atoms with Gasteiger partial charge in [0.05, 0.1) is 25.3 Å². The van der Waals surface area contributed by atoms with E-state index in [9.17, 15) is 9.59 Å². The van der Waals surface area contributed by atoms with Crippen LogP contribution in [0.15, 0.2) is 29.8 Å². The van der Waals surface area contributed by atoms with Crippen LogP contribution in [0.5, 0.6) is 0 Å². The Hall–Kier alpha value is -2.15. The van der Waals surface area contributed by atoms with Crippen LogP contribution in [0.25, 0.3) is 0 Å². The van der Waals surface area contributed by atoms with E-state index >= 15 is 0 Å². The minimum absolute atomic E-state index is 0.0882. The molecule has 3 heterocycles. The second-order valence-electron chi connectivity index (χ2n) is 6.62. The van der Waals surface area contributed by atoms with Gasteiger partial charge in [0, 0.05) is 17.0 Å². The number of hydrogen-bond donors (Lipinski definition) is 1. The number of aromatic nitrogens is 2. The number of carbonyl (C=O) groups is 2. The van der Waals surface area contributed by atoms with Crippen LogP contribution in [-0.2, 0) is 22.7 Å². The molecule has 0 aromatic carbocycles. The van der Waals surface area contributed by atoms with E-state index in [4.69, 9.17) is 0 Å². The highest BCUT2D eigenvalue weighted by molar-refractivity contribution is 7.09. The molecule has 2 aliphatic rings. The standard InChI is InChI=1S/C17H20N4O2S/c1-11-7-14(11)17(23)20-9-12-4-5-19-21(12)15(10-20)16(22)18-8-13-3-2-6-24-13/h2-6,11,14-15H,7-10H2,1H3,(H,18,22). The number of nitrogens with zero attached hydrogens (tertiary/aromatic N) is 3. The van der Waals surface area contributed by atoms with Gasteiger partial charge in [0.2, 0.25) is 11.8 Å². The van der Waals surface area contributed by atoms with Crippen LogP contribution >= 0.6 is 11.3 Å². The van der Waals surface area contributed by atoms with Crippen molar-refractivity contribution in [2.75, 3.05) is 6.54 Å². The predicted octanol–water partition coefficient (Wildman–Crippen LogP) is 1.80. The molecule has 6 nitrogen and oxygen atoms in total. The Bertz CT molecular complexity index is 754.